The van der Waals surface area contributed by atoms with E-state index in [0.29, 0.717) is 6.04 Å². The highest BCUT2D eigenvalue weighted by Gasteiger charge is 2.39. The molecule has 88 valence electrons. The van der Waals surface area contributed by atoms with Gasteiger partial charge in [0.15, 0.2) is 0 Å². The van der Waals surface area contributed by atoms with Crippen LogP contribution in [0.5, 0.6) is 0 Å². The summed E-state index contributed by atoms with van der Waals surface area (Å²) in [6.45, 7) is 3.58. The second-order valence-electron chi connectivity index (χ2n) is 5.19. The number of fused-ring (bicyclic) bond motifs is 2. The Labute approximate surface area is 92.7 Å². The van der Waals surface area contributed by atoms with Crippen molar-refractivity contribution in [2.75, 3.05) is 13.2 Å². The Hall–Kier alpha value is -0.120. The zero-order valence-corrected chi connectivity index (χ0v) is 9.74. The van der Waals surface area contributed by atoms with Crippen molar-refractivity contribution >= 4 is 0 Å². The number of hydrazine groups is 1. The zero-order valence-electron chi connectivity index (χ0n) is 9.74. The van der Waals surface area contributed by atoms with Gasteiger partial charge in [-0.3, -0.25) is 11.3 Å². The fraction of sp³-hybridized carbons (Fsp3) is 1.00. The van der Waals surface area contributed by atoms with E-state index in [1.54, 1.807) is 0 Å². The first-order valence-electron chi connectivity index (χ1n) is 6.37. The van der Waals surface area contributed by atoms with Gasteiger partial charge in [0, 0.05) is 12.6 Å². The Bertz CT molecular complexity index is 198. The number of nitrogens with one attached hydrogen (secondary N) is 1. The number of hydrogen-bond donors (Lipinski definition) is 2. The van der Waals surface area contributed by atoms with E-state index < -0.39 is 0 Å². The zero-order chi connectivity index (χ0) is 10.7. The van der Waals surface area contributed by atoms with Crippen LogP contribution in [-0.4, -0.2) is 19.3 Å². The number of rotatable bonds is 6. The minimum Gasteiger partial charge on any atom is -0.380 e. The van der Waals surface area contributed by atoms with E-state index in [-0.39, 0.29) is 0 Å². The molecule has 0 spiro atoms. The standard InChI is InChI=1S/C12H24N2O/c1-2-15-8-12(14-13)7-11-6-9-3-4-10(11)5-9/h9-12,14H,2-8,13H2,1H3. The van der Waals surface area contributed by atoms with Gasteiger partial charge < -0.3 is 4.74 Å². The fourth-order valence-electron chi connectivity index (χ4n) is 3.47. The summed E-state index contributed by atoms with van der Waals surface area (Å²) < 4.78 is 5.43. The Morgan fingerprint density at radius 2 is 2.27 bits per heavy atom. The topological polar surface area (TPSA) is 47.3 Å². The van der Waals surface area contributed by atoms with Crippen LogP contribution in [0.4, 0.5) is 0 Å². The maximum absolute atomic E-state index is 5.56. The predicted octanol–water partition coefficient (Wildman–Crippen LogP) is 1.68. The molecule has 4 unspecified atom stereocenters. The first-order chi connectivity index (χ1) is 7.33. The summed E-state index contributed by atoms with van der Waals surface area (Å²) in [5.74, 6) is 8.49. The van der Waals surface area contributed by atoms with E-state index in [9.17, 15) is 0 Å². The van der Waals surface area contributed by atoms with Gasteiger partial charge in [-0.05, 0) is 50.4 Å². The van der Waals surface area contributed by atoms with Gasteiger partial charge >= 0.3 is 0 Å². The molecule has 3 nitrogen and oxygen atoms in total. The molecule has 2 saturated carbocycles. The average molecular weight is 212 g/mol. The second-order valence-corrected chi connectivity index (χ2v) is 5.19. The van der Waals surface area contributed by atoms with Crippen molar-refractivity contribution in [1.82, 2.24) is 5.43 Å². The molecule has 0 amide bonds. The van der Waals surface area contributed by atoms with Crippen LogP contribution in [0.25, 0.3) is 0 Å². The van der Waals surface area contributed by atoms with Crippen LogP contribution in [0.3, 0.4) is 0 Å². The first-order valence-corrected chi connectivity index (χ1v) is 6.37. The molecule has 2 aliphatic rings. The van der Waals surface area contributed by atoms with Gasteiger partial charge in [0.1, 0.15) is 0 Å². The van der Waals surface area contributed by atoms with E-state index in [1.807, 2.05) is 6.92 Å². The van der Waals surface area contributed by atoms with Crippen molar-refractivity contribution in [2.24, 2.45) is 23.6 Å². The highest BCUT2D eigenvalue weighted by molar-refractivity contribution is 4.91. The molecule has 15 heavy (non-hydrogen) atoms. The van der Waals surface area contributed by atoms with Crippen molar-refractivity contribution in [3.8, 4) is 0 Å². The number of hydrogen-bond acceptors (Lipinski definition) is 3. The number of ether oxygens (including phenoxy) is 1. The summed E-state index contributed by atoms with van der Waals surface area (Å²) in [5.41, 5.74) is 2.90. The molecule has 2 aliphatic carbocycles. The lowest BCUT2D eigenvalue weighted by Crippen LogP contribution is -2.40. The third-order valence-corrected chi connectivity index (χ3v) is 4.23. The van der Waals surface area contributed by atoms with Crippen LogP contribution in [0, 0.1) is 17.8 Å². The maximum Gasteiger partial charge on any atom is 0.0633 e. The number of nitrogens with two attached hydrogens (primary N) is 1. The van der Waals surface area contributed by atoms with Crippen molar-refractivity contribution in [1.29, 1.82) is 0 Å². The van der Waals surface area contributed by atoms with Crippen molar-refractivity contribution in [2.45, 2.75) is 45.1 Å². The average Bonchev–Trinajstić information content (AvgIpc) is 2.85. The lowest BCUT2D eigenvalue weighted by molar-refractivity contribution is 0.109. The van der Waals surface area contributed by atoms with E-state index in [2.05, 4.69) is 5.43 Å². The van der Waals surface area contributed by atoms with Crippen LogP contribution < -0.4 is 11.3 Å². The van der Waals surface area contributed by atoms with E-state index in [0.717, 1.165) is 31.0 Å². The van der Waals surface area contributed by atoms with Crippen molar-refractivity contribution in [3.63, 3.8) is 0 Å². The SMILES string of the molecule is CCOCC(CC1CC2CCC1C2)NN. The van der Waals surface area contributed by atoms with E-state index in [4.69, 9.17) is 10.6 Å². The minimum atomic E-state index is 0.356. The van der Waals surface area contributed by atoms with Crippen molar-refractivity contribution < 1.29 is 4.74 Å². The van der Waals surface area contributed by atoms with Crippen LogP contribution in [0.15, 0.2) is 0 Å². The Morgan fingerprint density at radius 1 is 1.40 bits per heavy atom. The van der Waals surface area contributed by atoms with E-state index >= 15 is 0 Å². The summed E-state index contributed by atoms with van der Waals surface area (Å²) in [6.07, 6.45) is 7.07. The largest absolute Gasteiger partial charge is 0.380 e. The van der Waals surface area contributed by atoms with Gasteiger partial charge in [-0.25, -0.2) is 0 Å². The van der Waals surface area contributed by atoms with Gasteiger partial charge in [-0.15, -0.1) is 0 Å². The Kier molecular flexibility index (Phi) is 4.00. The van der Waals surface area contributed by atoms with Crippen LogP contribution in [0.1, 0.15) is 39.0 Å². The summed E-state index contributed by atoms with van der Waals surface area (Å²) in [5, 5.41) is 0. The van der Waals surface area contributed by atoms with Crippen LogP contribution >= 0.6 is 0 Å². The third kappa shape index (κ3) is 2.71. The molecule has 0 aromatic heterocycles. The van der Waals surface area contributed by atoms with Crippen LogP contribution in [0.2, 0.25) is 0 Å². The molecule has 2 rings (SSSR count). The molecule has 0 saturated heterocycles. The molecular weight excluding hydrogens is 188 g/mol. The summed E-state index contributed by atoms with van der Waals surface area (Å²) in [6, 6.07) is 0.356. The van der Waals surface area contributed by atoms with E-state index in [1.165, 1.54) is 32.1 Å². The normalized spacial score (nSPS) is 36.0. The third-order valence-electron chi connectivity index (χ3n) is 4.23. The lowest BCUT2D eigenvalue weighted by Gasteiger charge is -2.26. The lowest BCUT2D eigenvalue weighted by atomic mass is 9.84. The molecule has 0 heterocycles. The molecule has 0 radical (unpaired) electrons. The highest BCUT2D eigenvalue weighted by Crippen LogP contribution is 2.49. The molecule has 0 aromatic rings. The van der Waals surface area contributed by atoms with Gasteiger partial charge in [0.25, 0.3) is 0 Å². The highest BCUT2D eigenvalue weighted by atomic mass is 16.5. The smallest absolute Gasteiger partial charge is 0.0633 e. The molecule has 3 N–H and O–H groups in total. The van der Waals surface area contributed by atoms with Gasteiger partial charge in [-0.2, -0.15) is 0 Å². The molecule has 2 bridgehead atoms. The molecule has 3 heteroatoms. The quantitative estimate of drug-likeness (QED) is 0.520. The van der Waals surface area contributed by atoms with Crippen LogP contribution in [-0.2, 0) is 4.74 Å². The second kappa shape index (κ2) is 5.28. The Balaban J connectivity index is 1.74. The first kappa shape index (κ1) is 11.4. The van der Waals surface area contributed by atoms with Gasteiger partial charge in [0.05, 0.1) is 6.61 Å². The monoisotopic (exact) mass is 212 g/mol. The van der Waals surface area contributed by atoms with Gasteiger partial charge in [-0.1, -0.05) is 6.42 Å². The molecule has 4 atom stereocenters. The summed E-state index contributed by atoms with van der Waals surface area (Å²) in [4.78, 5) is 0. The predicted molar refractivity (Wildman–Crippen MR) is 61.2 cm³/mol. The maximum atomic E-state index is 5.56. The fourth-order valence-corrected chi connectivity index (χ4v) is 3.47. The Morgan fingerprint density at radius 3 is 2.80 bits per heavy atom. The molecule has 0 aromatic carbocycles. The van der Waals surface area contributed by atoms with Gasteiger partial charge in [0.2, 0.25) is 0 Å². The minimum absolute atomic E-state index is 0.356. The summed E-state index contributed by atoms with van der Waals surface area (Å²) >= 11 is 0. The molecule has 0 aliphatic heterocycles. The molecule has 2 fully saturated rings. The molecular formula is C12H24N2O. The summed E-state index contributed by atoms with van der Waals surface area (Å²) in [7, 11) is 0. The van der Waals surface area contributed by atoms with Crippen molar-refractivity contribution in [3.05, 3.63) is 0 Å².